The van der Waals surface area contributed by atoms with Gasteiger partial charge in [-0.05, 0) is 74.0 Å². The molecule has 0 aliphatic carbocycles. The van der Waals surface area contributed by atoms with E-state index in [1.54, 1.807) is 17.0 Å². The summed E-state index contributed by atoms with van der Waals surface area (Å²) < 4.78 is 6.37. The molecule has 3 saturated heterocycles. The van der Waals surface area contributed by atoms with E-state index < -0.39 is 29.8 Å². The van der Waals surface area contributed by atoms with Crippen LogP contribution < -0.4 is 19.9 Å². The van der Waals surface area contributed by atoms with Gasteiger partial charge in [0.05, 0.1) is 42.3 Å². The van der Waals surface area contributed by atoms with Gasteiger partial charge in [0.15, 0.2) is 0 Å². The zero-order chi connectivity index (χ0) is 45.4. The zero-order valence-corrected chi connectivity index (χ0v) is 37.1. The Morgan fingerprint density at radius 1 is 1.00 bits per heavy atom. The number of piperazine rings is 1. The molecule has 1 N–H and O–H groups in total. The van der Waals surface area contributed by atoms with Gasteiger partial charge in [0.25, 0.3) is 17.7 Å². The quantitative estimate of drug-likeness (QED) is 0.115. The van der Waals surface area contributed by atoms with E-state index in [9.17, 15) is 29.2 Å². The van der Waals surface area contributed by atoms with Crippen molar-refractivity contribution in [3.63, 3.8) is 0 Å². The van der Waals surface area contributed by atoms with Gasteiger partial charge in [-0.2, -0.15) is 15.2 Å². The number of hydrogen-bond acceptors (Lipinski definition) is 12. The van der Waals surface area contributed by atoms with Crippen molar-refractivity contribution in [2.75, 3.05) is 62.7 Å². The number of nitrogens with one attached hydrogen (secondary N) is 1. The first-order valence-corrected chi connectivity index (χ1v) is 22.6. The van der Waals surface area contributed by atoms with Crippen LogP contribution in [0.25, 0.3) is 10.8 Å². The predicted octanol–water partition coefficient (Wildman–Crippen LogP) is 4.23. The molecule has 3 atom stereocenters. The molecule has 0 bridgehead atoms. The number of imide groups is 1. The minimum Gasteiger partial charge on any atom is -0.462 e. The number of hydrogen-bond donors (Lipinski definition) is 1. The van der Waals surface area contributed by atoms with E-state index >= 15 is 0 Å². The van der Waals surface area contributed by atoms with E-state index in [4.69, 9.17) is 26.3 Å². The molecule has 336 valence electrons. The Morgan fingerprint density at radius 2 is 1.83 bits per heavy atom. The van der Waals surface area contributed by atoms with Crippen LogP contribution in [-0.2, 0) is 45.2 Å². The first-order valence-electron chi connectivity index (χ1n) is 22.2. The highest BCUT2D eigenvalue weighted by Gasteiger charge is 2.44. The molecule has 3 fully saturated rings. The Balaban J connectivity index is 0.916. The molecule has 0 radical (unpaired) electrons. The molecule has 16 nitrogen and oxygen atoms in total. The topological polar surface area (TPSA) is 176 Å². The van der Waals surface area contributed by atoms with Crippen molar-refractivity contribution in [1.82, 2.24) is 34.9 Å². The third-order valence-corrected chi connectivity index (χ3v) is 13.9. The average molecular weight is 899 g/mol. The van der Waals surface area contributed by atoms with Crippen molar-refractivity contribution in [3.05, 3.63) is 99.7 Å². The summed E-state index contributed by atoms with van der Waals surface area (Å²) in [6.07, 6.45) is 3.58. The highest BCUT2D eigenvalue weighted by Crippen LogP contribution is 2.38. The number of likely N-dealkylation sites (N-methyl/N-ethyl adjacent to an activating group) is 1. The molecule has 5 aliphatic heterocycles. The normalized spacial score (nSPS) is 21.1. The third-order valence-electron chi connectivity index (χ3n) is 13.5. The molecule has 0 spiro atoms. The van der Waals surface area contributed by atoms with Crippen molar-refractivity contribution in [2.45, 2.75) is 76.3 Å². The monoisotopic (exact) mass is 898 g/mol. The number of amides is 5. The second-order valence-electron chi connectivity index (χ2n) is 17.5. The summed E-state index contributed by atoms with van der Waals surface area (Å²) in [5.41, 5.74) is 4.90. The van der Waals surface area contributed by atoms with Crippen LogP contribution >= 0.6 is 11.6 Å². The molecule has 0 saturated carbocycles. The predicted molar refractivity (Wildman–Crippen MR) is 243 cm³/mol. The smallest absolute Gasteiger partial charge is 0.318 e. The Bertz CT molecular complexity index is 2630. The number of piperidine rings is 1. The number of nitriles is 1. The largest absolute Gasteiger partial charge is 0.462 e. The van der Waals surface area contributed by atoms with Crippen LogP contribution in [0.5, 0.6) is 6.01 Å². The van der Waals surface area contributed by atoms with Gasteiger partial charge >= 0.3 is 6.01 Å². The number of likely N-dealkylation sites (tertiary alicyclic amines) is 2. The van der Waals surface area contributed by atoms with Crippen LogP contribution in [0.15, 0.2) is 66.7 Å². The van der Waals surface area contributed by atoms with Crippen molar-refractivity contribution >= 4 is 63.9 Å². The second kappa shape index (κ2) is 18.5. The van der Waals surface area contributed by atoms with Crippen molar-refractivity contribution in [2.24, 2.45) is 0 Å². The average Bonchev–Trinajstić information content (AvgIpc) is 3.88. The minimum absolute atomic E-state index is 0.0159. The maximum absolute atomic E-state index is 14.3. The van der Waals surface area contributed by atoms with E-state index in [-0.39, 0.29) is 62.4 Å². The van der Waals surface area contributed by atoms with Crippen LogP contribution in [0.2, 0.25) is 5.02 Å². The number of benzene rings is 3. The highest BCUT2D eigenvalue weighted by molar-refractivity contribution is 6.36. The van der Waals surface area contributed by atoms with Gasteiger partial charge in [0, 0.05) is 79.5 Å². The lowest BCUT2D eigenvalue weighted by Gasteiger charge is -2.43. The number of aromatic nitrogens is 2. The molecule has 3 aromatic carbocycles. The number of fused-ring (bicyclic) bond motifs is 3. The van der Waals surface area contributed by atoms with Gasteiger partial charge in [-0.25, -0.2) is 0 Å². The standard InChI is InChI=1S/C48H51ClN10O6/c1-30(24-59-42(61)14-13-41(47(59)64)58-25-33-22-31(23-51-29-60)11-12-36(33)46(58)63)45(62)57-21-20-56(26-34(57)15-17-50)44-37-16-19-55(40-10-4-7-32-6-3-9-38(49)43(32)40)27-39(37)52-48(53-44)65-28-35-8-5-18-54(35)2/h3-4,6-7,9-12,22,29,34-35,41H,1,5,8,13-16,18-21,23-28H2,2H3,(H,51,60). The fraction of sp³-hybridized carbons (Fsp3) is 0.417. The van der Waals surface area contributed by atoms with Crippen molar-refractivity contribution in [3.8, 4) is 12.1 Å². The van der Waals surface area contributed by atoms with Crippen LogP contribution in [0, 0.1) is 11.3 Å². The lowest BCUT2D eigenvalue weighted by atomic mass is 10.00. The fourth-order valence-electron chi connectivity index (χ4n) is 10.1. The molecule has 65 heavy (non-hydrogen) atoms. The molecule has 5 aliphatic rings. The van der Waals surface area contributed by atoms with Gasteiger partial charge in [0.1, 0.15) is 18.5 Å². The summed E-state index contributed by atoms with van der Waals surface area (Å²) in [6.45, 7) is 7.79. The molecule has 9 rings (SSSR count). The molecule has 4 aromatic rings. The number of carbonyl (C=O) groups excluding carboxylic acids is 5. The van der Waals surface area contributed by atoms with E-state index in [0.29, 0.717) is 62.7 Å². The Hall–Kier alpha value is -6.57. The van der Waals surface area contributed by atoms with Gasteiger partial charge in [0.2, 0.25) is 12.3 Å². The Labute approximate surface area is 382 Å². The second-order valence-corrected chi connectivity index (χ2v) is 17.9. The summed E-state index contributed by atoms with van der Waals surface area (Å²) in [5, 5.41) is 15.4. The van der Waals surface area contributed by atoms with Crippen LogP contribution in [0.3, 0.4) is 0 Å². The van der Waals surface area contributed by atoms with Gasteiger partial charge < -0.3 is 34.6 Å². The van der Waals surface area contributed by atoms with E-state index in [1.807, 2.05) is 24.3 Å². The zero-order valence-electron chi connectivity index (χ0n) is 36.4. The number of nitrogens with zero attached hydrogens (tertiary/aromatic N) is 9. The number of anilines is 2. The van der Waals surface area contributed by atoms with Crippen molar-refractivity contribution in [1.29, 1.82) is 5.26 Å². The van der Waals surface area contributed by atoms with Crippen LogP contribution in [0.1, 0.15) is 64.8 Å². The molecule has 5 amide bonds. The first kappa shape index (κ1) is 43.7. The lowest BCUT2D eigenvalue weighted by Crippen LogP contribution is -2.58. The lowest BCUT2D eigenvalue weighted by molar-refractivity contribution is -0.151. The fourth-order valence-corrected chi connectivity index (χ4v) is 10.4. The third kappa shape index (κ3) is 8.58. The number of halogens is 1. The highest BCUT2D eigenvalue weighted by atomic mass is 35.5. The molecular weight excluding hydrogens is 848 g/mol. The Morgan fingerprint density at radius 3 is 2.62 bits per heavy atom. The Kier molecular flexibility index (Phi) is 12.4. The van der Waals surface area contributed by atoms with Crippen LogP contribution in [-0.4, -0.2) is 131 Å². The molecular formula is C48H51ClN10O6. The summed E-state index contributed by atoms with van der Waals surface area (Å²) in [6, 6.07) is 18.7. The summed E-state index contributed by atoms with van der Waals surface area (Å²) in [5.74, 6) is -1.05. The van der Waals surface area contributed by atoms with Gasteiger partial charge in [-0.15, -0.1) is 0 Å². The van der Waals surface area contributed by atoms with Gasteiger partial charge in [-0.1, -0.05) is 54.6 Å². The maximum atomic E-state index is 14.3. The molecule has 3 unspecified atom stereocenters. The van der Waals surface area contributed by atoms with E-state index in [0.717, 1.165) is 68.9 Å². The molecule has 1 aromatic heterocycles. The summed E-state index contributed by atoms with van der Waals surface area (Å²) in [7, 11) is 2.10. The maximum Gasteiger partial charge on any atom is 0.318 e. The summed E-state index contributed by atoms with van der Waals surface area (Å²) in [4.78, 5) is 86.7. The van der Waals surface area contributed by atoms with Gasteiger partial charge in [-0.3, -0.25) is 28.9 Å². The van der Waals surface area contributed by atoms with E-state index in [2.05, 4.69) is 57.9 Å². The van der Waals surface area contributed by atoms with Crippen LogP contribution in [0.4, 0.5) is 11.5 Å². The van der Waals surface area contributed by atoms with Crippen molar-refractivity contribution < 1.29 is 28.7 Å². The SMILES string of the molecule is C=C(CN1C(=O)CCC(N2Cc3cc(CNC=O)ccc3C2=O)C1=O)C(=O)N1CCN(c2nc(OCC3CCCN3C)nc3c2CCN(c2cccc4cccc(Cl)c24)C3)CC1CC#N. The molecule has 17 heteroatoms. The number of rotatable bonds is 13. The first-order chi connectivity index (χ1) is 31.5. The molecule has 6 heterocycles. The number of carbonyl (C=O) groups is 5. The number of ether oxygens (including phenoxy) is 1. The van der Waals surface area contributed by atoms with E-state index in [1.165, 1.54) is 4.90 Å². The summed E-state index contributed by atoms with van der Waals surface area (Å²) >= 11 is 6.77. The minimum atomic E-state index is -0.898.